The number of hydrogen-bond donors (Lipinski definition) is 0. The number of benzene rings is 1. The monoisotopic (exact) mass is 248 g/mol. The van der Waals surface area contributed by atoms with Gasteiger partial charge in [0.2, 0.25) is 0 Å². The third-order valence-corrected chi connectivity index (χ3v) is 3.73. The topological polar surface area (TPSA) is 39.4 Å². The van der Waals surface area contributed by atoms with Crippen LogP contribution in [0.25, 0.3) is 11.0 Å². The molecule has 1 fully saturated rings. The standard InChI is InChI=1S/C14H13FO3/c1-14(5-6-14)9-7-18-12-10(15)4-3-8(11(9)12)13(16)17-2/h3-4,7H,5-6H2,1-2H3. The highest BCUT2D eigenvalue weighted by molar-refractivity contribution is 6.05. The van der Waals surface area contributed by atoms with Crippen molar-refractivity contribution < 1.29 is 18.3 Å². The van der Waals surface area contributed by atoms with E-state index in [-0.39, 0.29) is 11.0 Å². The molecule has 0 atom stereocenters. The highest BCUT2D eigenvalue weighted by Gasteiger charge is 2.42. The van der Waals surface area contributed by atoms with Gasteiger partial charge in [-0.15, -0.1) is 0 Å². The number of halogens is 1. The first kappa shape index (κ1) is 11.3. The normalized spacial score (nSPS) is 16.8. The Kier molecular flexibility index (Phi) is 2.24. The maximum Gasteiger partial charge on any atom is 0.338 e. The van der Waals surface area contributed by atoms with Gasteiger partial charge < -0.3 is 9.15 Å². The van der Waals surface area contributed by atoms with E-state index in [0.717, 1.165) is 18.4 Å². The fourth-order valence-corrected chi connectivity index (χ4v) is 2.30. The Morgan fingerprint density at radius 3 is 2.78 bits per heavy atom. The minimum absolute atomic E-state index is 0.00180. The van der Waals surface area contributed by atoms with Crippen molar-refractivity contribution in [3.8, 4) is 0 Å². The Bertz CT molecular complexity index is 638. The van der Waals surface area contributed by atoms with Crippen LogP contribution in [0.1, 0.15) is 35.7 Å². The lowest BCUT2D eigenvalue weighted by atomic mass is 9.95. The van der Waals surface area contributed by atoms with Crippen LogP contribution in [-0.4, -0.2) is 13.1 Å². The van der Waals surface area contributed by atoms with Crippen LogP contribution in [0.4, 0.5) is 4.39 Å². The van der Waals surface area contributed by atoms with Crippen LogP contribution < -0.4 is 0 Å². The van der Waals surface area contributed by atoms with E-state index < -0.39 is 11.8 Å². The first-order valence-electron chi connectivity index (χ1n) is 5.85. The third-order valence-electron chi connectivity index (χ3n) is 3.73. The van der Waals surface area contributed by atoms with Crippen molar-refractivity contribution in [1.29, 1.82) is 0 Å². The summed E-state index contributed by atoms with van der Waals surface area (Å²) in [5.41, 5.74) is 1.41. The molecule has 0 unspecified atom stereocenters. The predicted molar refractivity (Wildman–Crippen MR) is 64.1 cm³/mol. The molecule has 1 heterocycles. The van der Waals surface area contributed by atoms with Crippen molar-refractivity contribution in [2.24, 2.45) is 0 Å². The van der Waals surface area contributed by atoms with Gasteiger partial charge in [0, 0.05) is 10.9 Å². The van der Waals surface area contributed by atoms with Crippen molar-refractivity contribution in [1.82, 2.24) is 0 Å². The van der Waals surface area contributed by atoms with E-state index >= 15 is 0 Å². The Labute approximate surface area is 104 Å². The Hall–Kier alpha value is -1.84. The first-order valence-corrected chi connectivity index (χ1v) is 5.85. The van der Waals surface area contributed by atoms with Gasteiger partial charge in [-0.1, -0.05) is 6.92 Å². The van der Waals surface area contributed by atoms with Gasteiger partial charge in [-0.25, -0.2) is 9.18 Å². The minimum Gasteiger partial charge on any atom is -0.465 e. The number of ether oxygens (including phenoxy) is 1. The number of hydrogen-bond acceptors (Lipinski definition) is 3. The summed E-state index contributed by atoms with van der Waals surface area (Å²) < 4.78 is 23.7. The molecule has 3 nitrogen and oxygen atoms in total. The zero-order valence-electron chi connectivity index (χ0n) is 10.2. The van der Waals surface area contributed by atoms with Gasteiger partial charge in [-0.2, -0.15) is 0 Å². The van der Waals surface area contributed by atoms with E-state index in [1.54, 1.807) is 6.26 Å². The van der Waals surface area contributed by atoms with Crippen LogP contribution >= 0.6 is 0 Å². The molecule has 3 rings (SSSR count). The molecular formula is C14H13FO3. The molecule has 18 heavy (non-hydrogen) atoms. The van der Waals surface area contributed by atoms with Crippen LogP contribution in [0.2, 0.25) is 0 Å². The molecule has 94 valence electrons. The van der Waals surface area contributed by atoms with Crippen molar-refractivity contribution in [3.05, 3.63) is 35.3 Å². The number of furan rings is 1. The van der Waals surface area contributed by atoms with Crippen molar-refractivity contribution >= 4 is 16.9 Å². The highest BCUT2D eigenvalue weighted by atomic mass is 19.1. The molecule has 0 saturated heterocycles. The molecule has 0 radical (unpaired) electrons. The molecule has 1 aromatic carbocycles. The number of esters is 1. The van der Waals surface area contributed by atoms with E-state index in [1.807, 2.05) is 0 Å². The van der Waals surface area contributed by atoms with Gasteiger partial charge in [-0.3, -0.25) is 0 Å². The molecule has 0 aliphatic heterocycles. The van der Waals surface area contributed by atoms with E-state index in [2.05, 4.69) is 6.92 Å². The van der Waals surface area contributed by atoms with Crippen LogP contribution in [0.15, 0.2) is 22.8 Å². The molecule has 4 heteroatoms. The van der Waals surface area contributed by atoms with E-state index in [4.69, 9.17) is 9.15 Å². The number of carbonyl (C=O) groups excluding carboxylic acids is 1. The minimum atomic E-state index is -0.466. The second-order valence-corrected chi connectivity index (χ2v) is 5.00. The average molecular weight is 248 g/mol. The summed E-state index contributed by atoms with van der Waals surface area (Å²) in [5, 5.41) is 0.557. The summed E-state index contributed by atoms with van der Waals surface area (Å²) in [6.45, 7) is 2.09. The summed E-state index contributed by atoms with van der Waals surface area (Å²) in [6, 6.07) is 2.69. The molecule has 0 N–H and O–H groups in total. The van der Waals surface area contributed by atoms with Gasteiger partial charge in [0.15, 0.2) is 11.4 Å². The molecule has 1 aliphatic carbocycles. The largest absolute Gasteiger partial charge is 0.465 e. The number of fused-ring (bicyclic) bond motifs is 1. The van der Waals surface area contributed by atoms with Gasteiger partial charge in [0.25, 0.3) is 0 Å². The average Bonchev–Trinajstić information content (AvgIpc) is 2.94. The van der Waals surface area contributed by atoms with E-state index in [9.17, 15) is 9.18 Å². The molecule has 1 aliphatic rings. The van der Waals surface area contributed by atoms with Gasteiger partial charge in [0.05, 0.1) is 18.9 Å². The predicted octanol–water partition coefficient (Wildman–Crippen LogP) is 3.41. The van der Waals surface area contributed by atoms with Gasteiger partial charge in [0.1, 0.15) is 0 Å². The van der Waals surface area contributed by atoms with Crippen LogP contribution in [-0.2, 0) is 10.2 Å². The Morgan fingerprint density at radius 1 is 1.44 bits per heavy atom. The van der Waals surface area contributed by atoms with E-state index in [1.165, 1.54) is 19.2 Å². The molecule has 0 bridgehead atoms. The molecular weight excluding hydrogens is 235 g/mol. The lowest BCUT2D eigenvalue weighted by Crippen LogP contribution is -2.05. The number of carbonyl (C=O) groups is 1. The Balaban J connectivity index is 2.33. The second-order valence-electron chi connectivity index (χ2n) is 5.00. The second kappa shape index (κ2) is 3.57. The van der Waals surface area contributed by atoms with Crippen molar-refractivity contribution in [2.75, 3.05) is 7.11 Å². The summed E-state index contributed by atoms with van der Waals surface area (Å²) in [4.78, 5) is 11.7. The zero-order valence-corrected chi connectivity index (χ0v) is 10.2. The molecule has 1 saturated carbocycles. The summed E-state index contributed by atoms with van der Waals surface area (Å²) in [7, 11) is 1.32. The van der Waals surface area contributed by atoms with Crippen LogP contribution in [0.5, 0.6) is 0 Å². The lowest BCUT2D eigenvalue weighted by Gasteiger charge is -2.08. The van der Waals surface area contributed by atoms with Crippen LogP contribution in [0, 0.1) is 5.82 Å². The van der Waals surface area contributed by atoms with Gasteiger partial charge in [-0.05, 0) is 30.4 Å². The fourth-order valence-electron chi connectivity index (χ4n) is 2.30. The maximum absolute atomic E-state index is 13.7. The molecule has 1 aromatic heterocycles. The maximum atomic E-state index is 13.7. The quantitative estimate of drug-likeness (QED) is 0.764. The summed E-state index contributed by atoms with van der Waals surface area (Å²) in [5.74, 6) is -0.917. The van der Waals surface area contributed by atoms with E-state index in [0.29, 0.717) is 10.9 Å². The number of methoxy groups -OCH3 is 1. The van der Waals surface area contributed by atoms with Crippen LogP contribution in [0.3, 0.4) is 0 Å². The molecule has 0 amide bonds. The van der Waals surface area contributed by atoms with Crippen molar-refractivity contribution in [3.63, 3.8) is 0 Å². The van der Waals surface area contributed by atoms with Crippen molar-refractivity contribution in [2.45, 2.75) is 25.2 Å². The van der Waals surface area contributed by atoms with Gasteiger partial charge >= 0.3 is 5.97 Å². The number of rotatable bonds is 2. The fraction of sp³-hybridized carbons (Fsp3) is 0.357. The smallest absolute Gasteiger partial charge is 0.338 e. The molecule has 2 aromatic rings. The summed E-state index contributed by atoms with van der Waals surface area (Å²) in [6.07, 6.45) is 3.62. The SMILES string of the molecule is COC(=O)c1ccc(F)c2occ(C3(C)CC3)c12. The lowest BCUT2D eigenvalue weighted by molar-refractivity contribution is 0.0603. The third kappa shape index (κ3) is 1.45. The first-order chi connectivity index (χ1) is 8.57. The zero-order chi connectivity index (χ0) is 12.9. The highest BCUT2D eigenvalue weighted by Crippen LogP contribution is 2.51. The summed E-state index contributed by atoms with van der Waals surface area (Å²) >= 11 is 0. The Morgan fingerprint density at radius 2 is 2.17 bits per heavy atom. The molecule has 0 spiro atoms.